The molecule has 2 amide bonds. The van der Waals surface area contributed by atoms with E-state index in [-0.39, 0.29) is 94.0 Å². The Kier molecular flexibility index (Phi) is 18.9. The van der Waals surface area contributed by atoms with Crippen molar-refractivity contribution in [3.05, 3.63) is 94.1 Å². The number of allylic oxidation sites excluding steroid dienone is 2. The van der Waals surface area contributed by atoms with E-state index >= 15 is 0 Å². The standard InChI is InChI=1S/C36H51NO4.C36H49NO4.2CH4.H2S/c2*1-22-16-32-33(37(20-22)34(39)40-21-25-8-6-5-7-9-25)24(3)36(41-32)15-13-28-29-11-10-26-17-27(38)12-14-35(26,4)31(29)18-30(28)23(2)19-36;;;/h5-9,22,24,26-29,31-33,38H,10-21H2,1-4H3;5-9,22,24,26,28-29,31-33H,10-21H2,1-4H3;2*1H4;1H2/t22-,24+,26+,27-,28-,29-,31-,32+,33-,35-,36-;22-,24+,26+,28-,29-,31-,32+,33-,35-,36-;;;/m00.../s1. The topological polar surface area (TPSA) is 115 Å². The number of benzene rings is 2. The number of hydrogen-bond acceptors (Lipinski definition) is 8. The highest BCUT2D eigenvalue weighted by molar-refractivity contribution is 7.59. The van der Waals surface area contributed by atoms with Crippen molar-refractivity contribution in [2.75, 3.05) is 13.1 Å². The van der Waals surface area contributed by atoms with E-state index in [1.54, 1.807) is 22.3 Å². The quantitative estimate of drug-likeness (QED) is 0.301. The van der Waals surface area contributed by atoms with Gasteiger partial charge in [-0.2, -0.15) is 13.5 Å². The monoisotopic (exact) mass is 1190 g/mol. The number of rotatable bonds is 4. The molecule has 11 heteroatoms. The summed E-state index contributed by atoms with van der Waals surface area (Å²) < 4.78 is 26.1. The van der Waals surface area contributed by atoms with Crippen molar-refractivity contribution in [2.45, 2.75) is 253 Å². The number of ketones is 1. The molecule has 85 heavy (non-hydrogen) atoms. The number of aliphatic hydroxyl groups excluding tert-OH is 1. The Bertz CT molecular complexity index is 2790. The Labute approximate surface area is 519 Å². The van der Waals surface area contributed by atoms with Gasteiger partial charge in [0.05, 0.1) is 41.6 Å². The highest BCUT2D eigenvalue weighted by Gasteiger charge is 2.63. The van der Waals surface area contributed by atoms with Crippen molar-refractivity contribution < 1.29 is 38.4 Å². The molecule has 2 aromatic rings. The second kappa shape index (κ2) is 25.0. The van der Waals surface area contributed by atoms with Gasteiger partial charge in [-0.15, -0.1) is 0 Å². The second-order valence-corrected chi connectivity index (χ2v) is 30.5. The highest BCUT2D eigenvalue weighted by atomic mass is 32.1. The molecule has 21 atom stereocenters. The Balaban J connectivity index is 0.000000183. The van der Waals surface area contributed by atoms with Gasteiger partial charge in [-0.1, -0.05) is 139 Å². The maximum absolute atomic E-state index is 13.5. The molecular weight excluding hydrogens is 1080 g/mol. The molecule has 12 aliphatic rings. The molecule has 0 radical (unpaired) electrons. The zero-order valence-electron chi connectivity index (χ0n) is 51.8. The van der Waals surface area contributed by atoms with Gasteiger partial charge in [0.2, 0.25) is 0 Å². The summed E-state index contributed by atoms with van der Waals surface area (Å²) in [6.07, 6.45) is 21.9. The van der Waals surface area contributed by atoms with Gasteiger partial charge in [-0.05, 0) is 211 Å². The summed E-state index contributed by atoms with van der Waals surface area (Å²) in [5.74, 6) is 7.54. The van der Waals surface area contributed by atoms with Crippen molar-refractivity contribution in [2.24, 2.45) is 81.8 Å². The molecule has 470 valence electrons. The lowest BCUT2D eigenvalue weighted by atomic mass is 9.52. The van der Waals surface area contributed by atoms with Gasteiger partial charge in [0.15, 0.2) is 0 Å². The zero-order chi connectivity index (χ0) is 57.0. The molecule has 4 aliphatic heterocycles. The number of Topliss-reactive ketones (excluding diaryl/α,β-unsaturated/α-hetero) is 1. The summed E-state index contributed by atoms with van der Waals surface area (Å²) in [4.78, 5) is 43.4. The summed E-state index contributed by atoms with van der Waals surface area (Å²) in [6.45, 7) is 21.2. The van der Waals surface area contributed by atoms with Crippen LogP contribution in [0.25, 0.3) is 0 Å². The highest BCUT2D eigenvalue weighted by Crippen LogP contribution is 2.67. The molecular formula is C74H110N2O8S. The van der Waals surface area contributed by atoms with Gasteiger partial charge in [-0.3, -0.25) is 4.79 Å². The molecule has 2 spiro atoms. The summed E-state index contributed by atoms with van der Waals surface area (Å²) in [5.41, 5.74) is 9.00. The normalized spacial score (nSPS) is 43.0. The van der Waals surface area contributed by atoms with E-state index in [1.165, 1.54) is 57.8 Å². The van der Waals surface area contributed by atoms with Crippen LogP contribution in [0.2, 0.25) is 0 Å². The first kappa shape index (κ1) is 64.3. The molecule has 1 N–H and O–H groups in total. The lowest BCUT2D eigenvalue weighted by Crippen LogP contribution is -2.54. The van der Waals surface area contributed by atoms with E-state index in [0.717, 1.165) is 119 Å². The van der Waals surface area contributed by atoms with E-state index in [2.05, 4.69) is 55.4 Å². The molecule has 6 saturated carbocycles. The van der Waals surface area contributed by atoms with Gasteiger partial charge in [0, 0.05) is 37.8 Å². The van der Waals surface area contributed by atoms with Gasteiger partial charge in [0.25, 0.3) is 0 Å². The minimum Gasteiger partial charge on any atom is -0.445 e. The molecule has 2 aromatic carbocycles. The molecule has 10 nitrogen and oxygen atoms in total. The molecule has 4 heterocycles. The smallest absolute Gasteiger partial charge is 0.410 e. The van der Waals surface area contributed by atoms with Gasteiger partial charge < -0.3 is 33.9 Å². The van der Waals surface area contributed by atoms with Crippen molar-refractivity contribution in [1.29, 1.82) is 0 Å². The van der Waals surface area contributed by atoms with E-state index in [9.17, 15) is 19.5 Å². The number of carbonyl (C=O) groups excluding carboxylic acids is 3. The van der Waals surface area contributed by atoms with Crippen molar-refractivity contribution in [3.8, 4) is 0 Å². The first-order chi connectivity index (χ1) is 39.4. The van der Waals surface area contributed by atoms with Gasteiger partial charge in [-0.25, -0.2) is 9.59 Å². The van der Waals surface area contributed by atoms with Crippen LogP contribution in [0, 0.1) is 81.8 Å². The minimum atomic E-state index is -0.202. The molecule has 0 bridgehead atoms. The third-order valence-corrected chi connectivity index (χ3v) is 26.2. The van der Waals surface area contributed by atoms with Gasteiger partial charge >= 0.3 is 12.2 Å². The Hall–Kier alpha value is -3.64. The number of hydrogen-bond donors (Lipinski definition) is 1. The predicted octanol–water partition coefficient (Wildman–Crippen LogP) is 16.6. The summed E-state index contributed by atoms with van der Waals surface area (Å²) in [5, 5.41) is 10.4. The number of amides is 2. The zero-order valence-corrected chi connectivity index (χ0v) is 52.8. The molecule has 0 unspecified atom stereocenters. The number of ether oxygens (including phenoxy) is 4. The maximum Gasteiger partial charge on any atom is 0.410 e. The fourth-order valence-corrected chi connectivity index (χ4v) is 21.9. The summed E-state index contributed by atoms with van der Waals surface area (Å²) in [7, 11) is 0. The lowest BCUT2D eigenvalue weighted by Gasteiger charge is -2.53. The fourth-order valence-electron chi connectivity index (χ4n) is 21.9. The number of nitrogens with zero attached hydrogens (tertiary/aromatic N) is 2. The van der Waals surface area contributed by atoms with Crippen LogP contribution in [-0.4, -0.2) is 87.6 Å². The van der Waals surface area contributed by atoms with E-state index in [0.29, 0.717) is 65.3 Å². The van der Waals surface area contributed by atoms with Crippen LogP contribution in [0.15, 0.2) is 83.0 Å². The third kappa shape index (κ3) is 11.4. The minimum absolute atomic E-state index is 0. The molecule has 4 saturated heterocycles. The maximum atomic E-state index is 13.5. The van der Waals surface area contributed by atoms with E-state index in [4.69, 9.17) is 18.9 Å². The number of aliphatic hydroxyl groups is 1. The van der Waals surface area contributed by atoms with Crippen molar-refractivity contribution in [1.82, 2.24) is 9.80 Å². The van der Waals surface area contributed by atoms with Crippen LogP contribution in [-0.2, 0) is 37.0 Å². The first-order valence-electron chi connectivity index (χ1n) is 33.2. The van der Waals surface area contributed by atoms with Crippen molar-refractivity contribution >= 4 is 31.5 Å². The van der Waals surface area contributed by atoms with Crippen LogP contribution >= 0.6 is 13.5 Å². The summed E-state index contributed by atoms with van der Waals surface area (Å²) in [6, 6.07) is 20.1. The number of piperidine rings is 2. The third-order valence-electron chi connectivity index (χ3n) is 26.2. The van der Waals surface area contributed by atoms with Crippen molar-refractivity contribution in [3.63, 3.8) is 0 Å². The molecule has 8 aliphatic carbocycles. The Morgan fingerprint density at radius 1 is 0.588 bits per heavy atom. The van der Waals surface area contributed by atoms with E-state index in [1.807, 2.05) is 70.5 Å². The predicted molar refractivity (Wildman–Crippen MR) is 343 cm³/mol. The molecule has 0 aromatic heterocycles. The SMILES string of the molecule is C.C.CC1=C2C[C@H]3[C@@H](CC[C@@H]4CC(=O)CC[C@@]43C)[C@@H]2CC[C@@]2(C1)O[C@@H]1C[C@H](C)CN(C(=O)OCc3ccccc3)[C@H]1[C@H]2C.CC1=C2C[C@H]3[C@@H](CC[C@@H]4C[C@@H](O)CC[C@@]43C)[C@@H]2CC[C@@]2(C1)O[C@@H]1C[C@H](C)CN(C(=O)OCc3ccccc3)[C@H]1[C@H]2C.S. The fraction of sp³-hybridized carbons (Fsp3) is 0.743. The Morgan fingerprint density at radius 2 is 1.04 bits per heavy atom. The Morgan fingerprint density at radius 3 is 1.51 bits per heavy atom. The lowest BCUT2D eigenvalue weighted by molar-refractivity contribution is -0.129. The number of likely N-dealkylation sites (tertiary alicyclic amines) is 2. The average Bonchev–Trinajstić information content (AvgIpc) is 1.72. The number of fused-ring (bicyclic) bond motifs is 12. The summed E-state index contributed by atoms with van der Waals surface area (Å²) >= 11 is 0. The van der Waals surface area contributed by atoms with Crippen LogP contribution in [0.3, 0.4) is 0 Å². The largest absolute Gasteiger partial charge is 0.445 e. The van der Waals surface area contributed by atoms with Crippen LogP contribution < -0.4 is 0 Å². The second-order valence-electron chi connectivity index (χ2n) is 30.5. The van der Waals surface area contributed by atoms with Crippen LogP contribution in [0.1, 0.15) is 210 Å². The van der Waals surface area contributed by atoms with Crippen LogP contribution in [0.5, 0.6) is 0 Å². The van der Waals surface area contributed by atoms with Crippen LogP contribution in [0.4, 0.5) is 9.59 Å². The first-order valence-corrected chi connectivity index (χ1v) is 33.2. The molecule has 10 fully saturated rings. The average molecular weight is 1190 g/mol. The van der Waals surface area contributed by atoms with E-state index < -0.39 is 0 Å². The number of carbonyl (C=O) groups is 3. The molecule has 14 rings (SSSR count). The van der Waals surface area contributed by atoms with Gasteiger partial charge in [0.1, 0.15) is 19.0 Å².